The van der Waals surface area contributed by atoms with E-state index in [0.29, 0.717) is 0 Å². The lowest BCUT2D eigenvalue weighted by atomic mass is 9.99. The average Bonchev–Trinajstić information content (AvgIpc) is 3.01. The van der Waals surface area contributed by atoms with Crippen LogP contribution in [0, 0.1) is 0 Å². The second-order valence-electron chi connectivity index (χ2n) is 5.07. The van der Waals surface area contributed by atoms with Gasteiger partial charge < -0.3 is 10.0 Å². The maximum Gasteiger partial charge on any atom is 0.106 e. The van der Waals surface area contributed by atoms with E-state index in [1.54, 1.807) is 0 Å². The van der Waals surface area contributed by atoms with Gasteiger partial charge in [-0.25, -0.2) is 0 Å². The molecule has 2 aromatic rings. The third-order valence-electron chi connectivity index (χ3n) is 3.79. The third kappa shape index (κ3) is 2.49. The van der Waals surface area contributed by atoms with E-state index in [2.05, 4.69) is 17.0 Å². The van der Waals surface area contributed by atoms with E-state index in [9.17, 15) is 5.11 Å². The Kier molecular flexibility index (Phi) is 3.51. The molecule has 19 heavy (non-hydrogen) atoms. The van der Waals surface area contributed by atoms with Crippen LogP contribution in [0.3, 0.4) is 0 Å². The van der Waals surface area contributed by atoms with Crippen molar-refractivity contribution in [2.24, 2.45) is 0 Å². The van der Waals surface area contributed by atoms with E-state index >= 15 is 0 Å². The summed E-state index contributed by atoms with van der Waals surface area (Å²) in [7, 11) is 0. The fourth-order valence-corrected chi connectivity index (χ4v) is 2.78. The predicted molar refractivity (Wildman–Crippen MR) is 78.4 cm³/mol. The van der Waals surface area contributed by atoms with Crippen molar-refractivity contribution >= 4 is 5.69 Å². The number of aliphatic hydroxyl groups is 1. The molecule has 1 N–H and O–H groups in total. The molecule has 3 rings (SSSR count). The summed E-state index contributed by atoms with van der Waals surface area (Å²) >= 11 is 0. The second-order valence-corrected chi connectivity index (χ2v) is 5.07. The van der Waals surface area contributed by atoms with Gasteiger partial charge in [0.1, 0.15) is 6.10 Å². The minimum Gasteiger partial charge on any atom is -0.384 e. The van der Waals surface area contributed by atoms with Crippen LogP contribution < -0.4 is 4.90 Å². The van der Waals surface area contributed by atoms with Gasteiger partial charge in [-0.15, -0.1) is 0 Å². The van der Waals surface area contributed by atoms with Gasteiger partial charge in [-0.1, -0.05) is 48.5 Å². The molecule has 0 spiro atoms. The highest BCUT2D eigenvalue weighted by molar-refractivity contribution is 5.57. The van der Waals surface area contributed by atoms with Crippen LogP contribution in [-0.4, -0.2) is 18.2 Å². The van der Waals surface area contributed by atoms with Gasteiger partial charge in [-0.05, 0) is 24.5 Å². The number of aliphatic hydroxyl groups excluding tert-OH is 1. The summed E-state index contributed by atoms with van der Waals surface area (Å²) in [6, 6.07) is 18.1. The predicted octanol–water partition coefficient (Wildman–Crippen LogP) is 3.37. The van der Waals surface area contributed by atoms with Gasteiger partial charge in [0, 0.05) is 24.3 Å². The smallest absolute Gasteiger partial charge is 0.106 e. The van der Waals surface area contributed by atoms with Crippen LogP contribution in [-0.2, 0) is 0 Å². The largest absolute Gasteiger partial charge is 0.384 e. The van der Waals surface area contributed by atoms with Gasteiger partial charge in [0.2, 0.25) is 0 Å². The Morgan fingerprint density at radius 2 is 1.47 bits per heavy atom. The summed E-state index contributed by atoms with van der Waals surface area (Å²) in [6.45, 7) is 2.19. The molecule has 1 aliphatic rings. The molecule has 0 radical (unpaired) electrons. The maximum atomic E-state index is 10.6. The van der Waals surface area contributed by atoms with Crippen molar-refractivity contribution in [2.45, 2.75) is 18.9 Å². The normalized spacial score (nSPS) is 16.6. The number of hydrogen-bond donors (Lipinski definition) is 1. The first-order valence-electron chi connectivity index (χ1n) is 6.93. The molecule has 0 aliphatic carbocycles. The number of benzene rings is 2. The number of nitrogens with zero attached hydrogens (tertiary/aromatic N) is 1. The maximum absolute atomic E-state index is 10.6. The minimum absolute atomic E-state index is 0.544. The number of para-hydroxylation sites is 1. The molecule has 2 heteroatoms. The van der Waals surface area contributed by atoms with E-state index in [-0.39, 0.29) is 0 Å². The van der Waals surface area contributed by atoms with Crippen molar-refractivity contribution in [1.29, 1.82) is 0 Å². The van der Waals surface area contributed by atoms with Crippen LogP contribution in [0.15, 0.2) is 54.6 Å². The molecule has 0 amide bonds. The van der Waals surface area contributed by atoms with Crippen molar-refractivity contribution in [3.8, 4) is 0 Å². The zero-order valence-corrected chi connectivity index (χ0v) is 11.0. The van der Waals surface area contributed by atoms with Gasteiger partial charge in [0.05, 0.1) is 0 Å². The minimum atomic E-state index is -0.544. The molecule has 0 aromatic heterocycles. The highest BCUT2D eigenvalue weighted by Crippen LogP contribution is 2.32. The monoisotopic (exact) mass is 253 g/mol. The number of rotatable bonds is 3. The van der Waals surface area contributed by atoms with Gasteiger partial charge in [-0.2, -0.15) is 0 Å². The summed E-state index contributed by atoms with van der Waals surface area (Å²) in [5.74, 6) is 0. The molecule has 2 nitrogen and oxygen atoms in total. The van der Waals surface area contributed by atoms with Crippen LogP contribution in [0.25, 0.3) is 0 Å². The molecule has 2 aromatic carbocycles. The zero-order valence-electron chi connectivity index (χ0n) is 11.0. The molecule has 1 fully saturated rings. The van der Waals surface area contributed by atoms with Crippen molar-refractivity contribution in [2.75, 3.05) is 18.0 Å². The summed E-state index contributed by atoms with van der Waals surface area (Å²) in [5, 5.41) is 10.6. The van der Waals surface area contributed by atoms with Crippen LogP contribution >= 0.6 is 0 Å². The fourth-order valence-electron chi connectivity index (χ4n) is 2.78. The summed E-state index contributed by atoms with van der Waals surface area (Å²) in [4.78, 5) is 2.38. The first-order valence-corrected chi connectivity index (χ1v) is 6.93. The Balaban J connectivity index is 1.96. The molecule has 1 atom stereocenters. The summed E-state index contributed by atoms with van der Waals surface area (Å²) in [6.07, 6.45) is 1.95. The Bertz CT molecular complexity index is 532. The first-order chi connectivity index (χ1) is 9.36. The molecule has 1 heterocycles. The zero-order chi connectivity index (χ0) is 13.1. The Morgan fingerprint density at radius 1 is 0.842 bits per heavy atom. The fraction of sp³-hybridized carbons (Fsp3) is 0.294. The van der Waals surface area contributed by atoms with E-state index in [0.717, 1.165) is 24.2 Å². The SMILES string of the molecule is OC(c1ccccc1)c1ccccc1N1CCCC1. The molecule has 0 saturated carbocycles. The Labute approximate surface area is 114 Å². The van der Waals surface area contributed by atoms with Crippen molar-refractivity contribution in [3.63, 3.8) is 0 Å². The lowest BCUT2D eigenvalue weighted by Crippen LogP contribution is -2.20. The molecule has 1 aliphatic heterocycles. The molecule has 0 bridgehead atoms. The van der Waals surface area contributed by atoms with Gasteiger partial charge in [-0.3, -0.25) is 0 Å². The molecular weight excluding hydrogens is 234 g/mol. The summed E-state index contributed by atoms with van der Waals surface area (Å²) in [5.41, 5.74) is 3.14. The van der Waals surface area contributed by atoms with Gasteiger partial charge in [0.15, 0.2) is 0 Å². The molecule has 1 saturated heterocycles. The summed E-state index contributed by atoms with van der Waals surface area (Å²) < 4.78 is 0. The topological polar surface area (TPSA) is 23.5 Å². The molecule has 98 valence electrons. The van der Waals surface area contributed by atoms with E-state index in [4.69, 9.17) is 0 Å². The molecule has 1 unspecified atom stereocenters. The van der Waals surface area contributed by atoms with Crippen molar-refractivity contribution in [3.05, 3.63) is 65.7 Å². The average molecular weight is 253 g/mol. The Hall–Kier alpha value is -1.80. The van der Waals surface area contributed by atoms with Crippen LogP contribution in [0.1, 0.15) is 30.1 Å². The molecular formula is C17H19NO. The highest BCUT2D eigenvalue weighted by atomic mass is 16.3. The van der Waals surface area contributed by atoms with Gasteiger partial charge in [0.25, 0.3) is 0 Å². The quantitative estimate of drug-likeness (QED) is 0.906. The van der Waals surface area contributed by atoms with Crippen LogP contribution in [0.2, 0.25) is 0 Å². The highest BCUT2D eigenvalue weighted by Gasteiger charge is 2.19. The van der Waals surface area contributed by atoms with E-state index < -0.39 is 6.10 Å². The standard InChI is InChI=1S/C17H19NO/c19-17(14-8-2-1-3-9-14)15-10-4-5-11-16(15)18-12-6-7-13-18/h1-5,8-11,17,19H,6-7,12-13H2. The van der Waals surface area contributed by atoms with Crippen molar-refractivity contribution < 1.29 is 5.11 Å². The lowest BCUT2D eigenvalue weighted by molar-refractivity contribution is 0.220. The second kappa shape index (κ2) is 5.45. The lowest BCUT2D eigenvalue weighted by Gasteiger charge is -2.24. The first kappa shape index (κ1) is 12.2. The van der Waals surface area contributed by atoms with Crippen LogP contribution in [0.4, 0.5) is 5.69 Å². The third-order valence-corrected chi connectivity index (χ3v) is 3.79. The van der Waals surface area contributed by atoms with Crippen molar-refractivity contribution in [1.82, 2.24) is 0 Å². The van der Waals surface area contributed by atoms with E-state index in [1.165, 1.54) is 18.5 Å². The van der Waals surface area contributed by atoms with Gasteiger partial charge >= 0.3 is 0 Å². The Morgan fingerprint density at radius 3 is 2.21 bits per heavy atom. The van der Waals surface area contributed by atoms with Crippen LogP contribution in [0.5, 0.6) is 0 Å². The van der Waals surface area contributed by atoms with E-state index in [1.807, 2.05) is 42.5 Å². The number of anilines is 1. The number of hydrogen-bond acceptors (Lipinski definition) is 2.